The molecule has 3 heterocycles. The summed E-state index contributed by atoms with van der Waals surface area (Å²) in [6.45, 7) is 4.99. The summed E-state index contributed by atoms with van der Waals surface area (Å²) in [4.78, 5) is 34.5. The fourth-order valence-corrected chi connectivity index (χ4v) is 5.17. The minimum absolute atomic E-state index is 0.125. The average Bonchev–Trinajstić information content (AvgIpc) is 3.35. The summed E-state index contributed by atoms with van der Waals surface area (Å²) >= 11 is 0. The monoisotopic (exact) mass is 438 g/mol. The number of carbonyl (C=O) groups excluding carboxylic acids is 2. The van der Waals surface area contributed by atoms with Crippen molar-refractivity contribution in [2.24, 2.45) is 5.92 Å². The van der Waals surface area contributed by atoms with Crippen molar-refractivity contribution in [2.75, 3.05) is 26.7 Å². The van der Waals surface area contributed by atoms with Crippen molar-refractivity contribution in [3.8, 4) is 5.75 Å². The molecule has 2 atom stereocenters. The van der Waals surface area contributed by atoms with Gasteiger partial charge in [-0.25, -0.2) is 4.98 Å². The van der Waals surface area contributed by atoms with E-state index in [-0.39, 0.29) is 17.9 Å². The first-order valence-corrected chi connectivity index (χ1v) is 11.7. The Morgan fingerprint density at radius 3 is 2.78 bits per heavy atom. The summed E-state index contributed by atoms with van der Waals surface area (Å²) < 4.78 is 7.52. The molecule has 0 unspecified atom stereocenters. The van der Waals surface area contributed by atoms with Crippen LogP contribution in [0.2, 0.25) is 0 Å². The molecule has 7 nitrogen and oxygen atoms in total. The maximum atomic E-state index is 13.3. The van der Waals surface area contributed by atoms with Gasteiger partial charge in [-0.3, -0.25) is 9.59 Å². The first-order chi connectivity index (χ1) is 15.6. The number of benzene rings is 1. The molecule has 2 aliphatic rings. The van der Waals surface area contributed by atoms with Crippen molar-refractivity contribution in [1.29, 1.82) is 0 Å². The van der Waals surface area contributed by atoms with E-state index >= 15 is 0 Å². The number of para-hydroxylation sites is 1. The zero-order chi connectivity index (χ0) is 22.5. The van der Waals surface area contributed by atoms with Crippen molar-refractivity contribution in [2.45, 2.75) is 58.0 Å². The maximum absolute atomic E-state index is 13.3. The Bertz CT molecular complexity index is 941. The van der Waals surface area contributed by atoms with E-state index in [9.17, 15) is 9.59 Å². The number of rotatable bonds is 7. The molecule has 2 saturated heterocycles. The van der Waals surface area contributed by atoms with Gasteiger partial charge in [0.2, 0.25) is 11.8 Å². The van der Waals surface area contributed by atoms with Gasteiger partial charge in [0, 0.05) is 50.6 Å². The molecule has 172 valence electrons. The summed E-state index contributed by atoms with van der Waals surface area (Å²) in [5.74, 6) is 2.44. The Kier molecular flexibility index (Phi) is 7.12. The molecule has 2 aliphatic heterocycles. The molecule has 1 aromatic carbocycles. The van der Waals surface area contributed by atoms with Crippen molar-refractivity contribution >= 4 is 11.8 Å². The number of carbonyl (C=O) groups is 2. The fraction of sp³-hybridized carbons (Fsp3) is 0.560. The van der Waals surface area contributed by atoms with Crippen molar-refractivity contribution in [3.63, 3.8) is 0 Å². The number of aryl methyl sites for hydroxylation is 2. The topological polar surface area (TPSA) is 67.7 Å². The van der Waals surface area contributed by atoms with E-state index < -0.39 is 0 Å². The molecule has 7 heteroatoms. The predicted octanol–water partition coefficient (Wildman–Crippen LogP) is 3.06. The molecule has 2 amide bonds. The molecular formula is C25H34N4O3. The van der Waals surface area contributed by atoms with Gasteiger partial charge in [-0.1, -0.05) is 24.6 Å². The third kappa shape index (κ3) is 4.97. The number of imidazole rings is 1. The van der Waals surface area contributed by atoms with Gasteiger partial charge in [0.15, 0.2) is 0 Å². The average molecular weight is 439 g/mol. The summed E-state index contributed by atoms with van der Waals surface area (Å²) in [6, 6.07) is 7.84. The summed E-state index contributed by atoms with van der Waals surface area (Å²) in [5, 5.41) is 0. The quantitative estimate of drug-likeness (QED) is 0.666. The van der Waals surface area contributed by atoms with E-state index in [1.54, 1.807) is 13.3 Å². The highest BCUT2D eigenvalue weighted by Crippen LogP contribution is 2.31. The summed E-state index contributed by atoms with van der Waals surface area (Å²) in [5.41, 5.74) is 0.918. The van der Waals surface area contributed by atoms with Crippen LogP contribution >= 0.6 is 0 Å². The molecule has 2 aromatic rings. The second kappa shape index (κ2) is 10.2. The first-order valence-electron chi connectivity index (χ1n) is 11.7. The van der Waals surface area contributed by atoms with Gasteiger partial charge >= 0.3 is 0 Å². The van der Waals surface area contributed by atoms with E-state index in [0.29, 0.717) is 25.3 Å². The van der Waals surface area contributed by atoms with Gasteiger partial charge in [-0.2, -0.15) is 0 Å². The van der Waals surface area contributed by atoms with Gasteiger partial charge in [0.25, 0.3) is 0 Å². The van der Waals surface area contributed by atoms with Crippen molar-refractivity contribution < 1.29 is 14.3 Å². The van der Waals surface area contributed by atoms with Crippen LogP contribution in [0.25, 0.3) is 0 Å². The number of nitrogens with zero attached hydrogens (tertiary/aromatic N) is 4. The van der Waals surface area contributed by atoms with Crippen LogP contribution < -0.4 is 4.74 Å². The Labute approximate surface area is 190 Å². The predicted molar refractivity (Wildman–Crippen MR) is 122 cm³/mol. The summed E-state index contributed by atoms with van der Waals surface area (Å²) in [7, 11) is 1.64. The molecule has 1 aromatic heterocycles. The lowest BCUT2D eigenvalue weighted by molar-refractivity contribution is -0.134. The van der Waals surface area contributed by atoms with E-state index in [1.807, 2.05) is 47.2 Å². The number of likely N-dealkylation sites (tertiary alicyclic amines) is 2. The number of ether oxygens (including phenoxy) is 1. The highest BCUT2D eigenvalue weighted by atomic mass is 16.5. The molecule has 0 N–H and O–H groups in total. The lowest BCUT2D eigenvalue weighted by Crippen LogP contribution is -2.45. The van der Waals surface area contributed by atoms with Crippen LogP contribution in [0.4, 0.5) is 0 Å². The number of fused-ring (bicyclic) bond motifs is 1. The minimum atomic E-state index is 0.125. The number of amides is 2. The van der Waals surface area contributed by atoms with Crippen LogP contribution in [-0.4, -0.2) is 64.0 Å². The van der Waals surface area contributed by atoms with Crippen molar-refractivity contribution in [1.82, 2.24) is 19.4 Å². The van der Waals surface area contributed by atoms with E-state index in [1.165, 1.54) is 0 Å². The number of hydrogen-bond donors (Lipinski definition) is 0. The molecule has 0 saturated carbocycles. The standard InChI is InChI=1S/C25H34N4O3/c1-19-26-12-15-27(19)13-7-11-24(30)28-17-21-9-5-6-14-29(22(21)18-28)25(31)16-20-8-3-4-10-23(20)32-2/h3-4,8,10,12,15,21-22H,5-7,9,11,13-14,16-18H2,1-2H3/t21-,22+/m0/s1. The lowest BCUT2D eigenvalue weighted by Gasteiger charge is -2.30. The second-order valence-corrected chi connectivity index (χ2v) is 8.97. The van der Waals surface area contributed by atoms with Gasteiger partial charge in [0.05, 0.1) is 19.6 Å². The van der Waals surface area contributed by atoms with Gasteiger partial charge < -0.3 is 19.1 Å². The van der Waals surface area contributed by atoms with E-state index in [0.717, 1.165) is 62.5 Å². The van der Waals surface area contributed by atoms with Gasteiger partial charge in [-0.05, 0) is 38.2 Å². The first kappa shape index (κ1) is 22.4. The second-order valence-electron chi connectivity index (χ2n) is 8.97. The van der Waals surface area contributed by atoms with Crippen LogP contribution in [0.1, 0.15) is 43.5 Å². The third-order valence-electron chi connectivity index (χ3n) is 6.95. The van der Waals surface area contributed by atoms with Crippen molar-refractivity contribution in [3.05, 3.63) is 48.0 Å². The third-order valence-corrected chi connectivity index (χ3v) is 6.95. The Morgan fingerprint density at radius 2 is 2.00 bits per heavy atom. The van der Waals surface area contributed by atoms with E-state index in [4.69, 9.17) is 4.74 Å². The Morgan fingerprint density at radius 1 is 1.16 bits per heavy atom. The molecule has 0 bridgehead atoms. The fourth-order valence-electron chi connectivity index (χ4n) is 5.17. The Hall–Kier alpha value is -2.83. The zero-order valence-electron chi connectivity index (χ0n) is 19.2. The molecule has 4 rings (SSSR count). The van der Waals surface area contributed by atoms with Crippen LogP contribution in [0.15, 0.2) is 36.7 Å². The molecule has 0 aliphatic carbocycles. The minimum Gasteiger partial charge on any atom is -0.496 e. The number of aromatic nitrogens is 2. The smallest absolute Gasteiger partial charge is 0.227 e. The molecule has 0 radical (unpaired) electrons. The lowest BCUT2D eigenvalue weighted by atomic mass is 9.98. The summed E-state index contributed by atoms with van der Waals surface area (Å²) in [6.07, 6.45) is 8.66. The number of methoxy groups -OCH3 is 1. The van der Waals surface area contributed by atoms with Gasteiger partial charge in [-0.15, -0.1) is 0 Å². The largest absolute Gasteiger partial charge is 0.496 e. The van der Waals surface area contributed by atoms with Crippen LogP contribution in [0, 0.1) is 12.8 Å². The molecular weight excluding hydrogens is 404 g/mol. The Balaban J connectivity index is 1.37. The molecule has 0 spiro atoms. The SMILES string of the molecule is COc1ccccc1CC(=O)N1CCCC[C@H]2CN(C(=O)CCCn3ccnc3C)C[C@H]21. The normalized spacial score (nSPS) is 20.7. The maximum Gasteiger partial charge on any atom is 0.227 e. The van der Waals surface area contributed by atoms with Crippen LogP contribution in [0.5, 0.6) is 5.75 Å². The molecule has 32 heavy (non-hydrogen) atoms. The van der Waals surface area contributed by atoms with E-state index in [2.05, 4.69) is 9.55 Å². The highest BCUT2D eigenvalue weighted by molar-refractivity contribution is 5.80. The van der Waals surface area contributed by atoms with Gasteiger partial charge in [0.1, 0.15) is 11.6 Å². The van der Waals surface area contributed by atoms with Crippen LogP contribution in [-0.2, 0) is 22.6 Å². The van der Waals surface area contributed by atoms with Crippen LogP contribution in [0.3, 0.4) is 0 Å². The zero-order valence-corrected chi connectivity index (χ0v) is 19.2. The highest BCUT2D eigenvalue weighted by Gasteiger charge is 2.41. The number of hydrogen-bond acceptors (Lipinski definition) is 4. The molecule has 2 fully saturated rings.